The summed E-state index contributed by atoms with van der Waals surface area (Å²) < 4.78 is 5.38. The van der Waals surface area contributed by atoms with Gasteiger partial charge >= 0.3 is 0 Å². The van der Waals surface area contributed by atoms with E-state index in [1.807, 2.05) is 6.07 Å². The molecule has 1 aromatic carbocycles. The van der Waals surface area contributed by atoms with Crippen molar-refractivity contribution in [1.82, 2.24) is 15.5 Å². The van der Waals surface area contributed by atoms with E-state index in [9.17, 15) is 4.79 Å². The molecule has 0 aliphatic carbocycles. The van der Waals surface area contributed by atoms with Gasteiger partial charge in [-0.25, -0.2) is 0 Å². The highest BCUT2D eigenvalue weighted by Gasteiger charge is 2.18. The van der Waals surface area contributed by atoms with Crippen LogP contribution in [0.4, 0.5) is 0 Å². The molecule has 1 heterocycles. The van der Waals surface area contributed by atoms with E-state index in [0.717, 1.165) is 19.6 Å². The molecule has 0 radical (unpaired) electrons. The lowest BCUT2D eigenvalue weighted by Gasteiger charge is -2.30. The third-order valence-corrected chi connectivity index (χ3v) is 4.46. The van der Waals surface area contributed by atoms with E-state index in [2.05, 4.69) is 58.6 Å². The molecule has 7 nitrogen and oxygen atoms in total. The number of carbonyl (C=O) groups is 1. The number of carbonyl (C=O) groups excluding carboxylic acids is 1. The number of primary amides is 1. The molecule has 154 valence electrons. The first-order valence-corrected chi connectivity index (χ1v) is 9.21. The summed E-state index contributed by atoms with van der Waals surface area (Å²) in [5.41, 5.74) is 6.47. The fourth-order valence-corrected chi connectivity index (χ4v) is 2.99. The molecule has 1 aromatic heterocycles. The molecule has 4 N–H and O–H groups in total. The molecule has 28 heavy (non-hydrogen) atoms. The summed E-state index contributed by atoms with van der Waals surface area (Å²) in [6.07, 6.45) is 0. The van der Waals surface area contributed by atoms with Crippen molar-refractivity contribution in [3.05, 3.63) is 59.5 Å². The van der Waals surface area contributed by atoms with Crippen LogP contribution in [0.15, 0.2) is 51.9 Å². The molecule has 8 heteroatoms. The predicted octanol–water partition coefficient (Wildman–Crippen LogP) is 2.74. The van der Waals surface area contributed by atoms with Gasteiger partial charge in [0.05, 0.1) is 12.6 Å². The molecule has 2 rings (SSSR count). The van der Waals surface area contributed by atoms with Gasteiger partial charge in [0.15, 0.2) is 11.7 Å². The molecule has 1 unspecified atom stereocenters. The number of guanidine groups is 1. The van der Waals surface area contributed by atoms with Crippen LogP contribution >= 0.6 is 24.0 Å². The van der Waals surface area contributed by atoms with Crippen LogP contribution in [0.2, 0.25) is 0 Å². The van der Waals surface area contributed by atoms with Crippen LogP contribution in [-0.2, 0) is 6.54 Å². The summed E-state index contributed by atoms with van der Waals surface area (Å²) in [6.45, 7) is 7.39. The Balaban J connectivity index is 0.00000392. The van der Waals surface area contributed by atoms with Gasteiger partial charge in [-0.15, -0.1) is 24.0 Å². The Labute approximate surface area is 183 Å². The number of nitrogens with two attached hydrogens (primary N) is 1. The first kappa shape index (κ1) is 24.0. The second-order valence-electron chi connectivity index (χ2n) is 6.08. The normalized spacial score (nSPS) is 12.4. The van der Waals surface area contributed by atoms with Crippen molar-refractivity contribution in [3.63, 3.8) is 0 Å². The standard InChI is InChI=1S/C20H29N5O2.HI/c1-4-25(5-2)17(15-9-7-6-8-10-15)14-24-20(22-3)23-13-16-11-12-18(27-16)19(21)26;/h6-12,17H,4-5,13-14H2,1-3H3,(H2,21,26)(H2,22,23,24);1H. The number of rotatable bonds is 9. The number of nitrogens with one attached hydrogen (secondary N) is 2. The van der Waals surface area contributed by atoms with Crippen molar-refractivity contribution in [3.8, 4) is 0 Å². The molecule has 0 aliphatic rings. The Morgan fingerprint density at radius 2 is 1.82 bits per heavy atom. The van der Waals surface area contributed by atoms with Crippen LogP contribution in [-0.4, -0.2) is 43.4 Å². The minimum atomic E-state index is -0.575. The lowest BCUT2D eigenvalue weighted by atomic mass is 10.1. The van der Waals surface area contributed by atoms with Crippen molar-refractivity contribution >= 4 is 35.8 Å². The highest BCUT2D eigenvalue weighted by molar-refractivity contribution is 14.0. The fourth-order valence-electron chi connectivity index (χ4n) is 2.99. The fraction of sp³-hybridized carbons (Fsp3) is 0.400. The molecule has 0 fully saturated rings. The molecule has 0 spiro atoms. The van der Waals surface area contributed by atoms with Gasteiger partial charge in [-0.05, 0) is 30.8 Å². The van der Waals surface area contributed by atoms with E-state index in [-0.39, 0.29) is 35.8 Å². The second-order valence-corrected chi connectivity index (χ2v) is 6.08. The van der Waals surface area contributed by atoms with Gasteiger partial charge in [-0.2, -0.15) is 0 Å². The number of amides is 1. The summed E-state index contributed by atoms with van der Waals surface area (Å²) in [7, 11) is 1.72. The predicted molar refractivity (Wildman–Crippen MR) is 123 cm³/mol. The first-order chi connectivity index (χ1) is 13.1. The third kappa shape index (κ3) is 6.83. The van der Waals surface area contributed by atoms with Gasteiger partial charge in [-0.1, -0.05) is 44.2 Å². The maximum atomic E-state index is 11.1. The number of likely N-dealkylation sites (N-methyl/N-ethyl adjacent to an activating group) is 1. The van der Waals surface area contributed by atoms with Gasteiger partial charge in [0, 0.05) is 13.6 Å². The third-order valence-electron chi connectivity index (χ3n) is 4.46. The summed E-state index contributed by atoms with van der Waals surface area (Å²) in [4.78, 5) is 17.8. The van der Waals surface area contributed by atoms with Crippen LogP contribution in [0.25, 0.3) is 0 Å². The van der Waals surface area contributed by atoms with E-state index in [0.29, 0.717) is 18.3 Å². The summed E-state index contributed by atoms with van der Waals surface area (Å²) >= 11 is 0. The summed E-state index contributed by atoms with van der Waals surface area (Å²) in [5.74, 6) is 0.865. The van der Waals surface area contributed by atoms with Crippen LogP contribution in [0.5, 0.6) is 0 Å². The smallest absolute Gasteiger partial charge is 0.284 e. The Bertz CT molecular complexity index is 744. The number of hydrogen-bond donors (Lipinski definition) is 3. The lowest BCUT2D eigenvalue weighted by Crippen LogP contribution is -2.43. The molecule has 1 atom stereocenters. The number of nitrogens with zero attached hydrogens (tertiary/aromatic N) is 2. The average Bonchev–Trinajstić information content (AvgIpc) is 3.17. The number of hydrogen-bond acceptors (Lipinski definition) is 4. The van der Waals surface area contributed by atoms with E-state index >= 15 is 0 Å². The van der Waals surface area contributed by atoms with Gasteiger partial charge in [0.1, 0.15) is 5.76 Å². The van der Waals surface area contributed by atoms with Crippen molar-refractivity contribution in [2.45, 2.75) is 26.4 Å². The van der Waals surface area contributed by atoms with Gasteiger partial charge in [-0.3, -0.25) is 14.7 Å². The zero-order chi connectivity index (χ0) is 19.6. The van der Waals surface area contributed by atoms with Crippen molar-refractivity contribution in [1.29, 1.82) is 0 Å². The second kappa shape index (κ2) is 12.4. The van der Waals surface area contributed by atoms with E-state index in [1.54, 1.807) is 19.2 Å². The van der Waals surface area contributed by atoms with Crippen LogP contribution in [0.1, 0.15) is 41.8 Å². The lowest BCUT2D eigenvalue weighted by molar-refractivity contribution is 0.0972. The maximum Gasteiger partial charge on any atom is 0.284 e. The average molecular weight is 499 g/mol. The summed E-state index contributed by atoms with van der Waals surface area (Å²) in [6, 6.07) is 14.0. The molecule has 1 amide bonds. The topological polar surface area (TPSA) is 95.9 Å². The molecule has 0 aliphatic heterocycles. The largest absolute Gasteiger partial charge is 0.454 e. The molecule has 0 saturated heterocycles. The van der Waals surface area contributed by atoms with Crippen molar-refractivity contribution < 1.29 is 9.21 Å². The zero-order valence-electron chi connectivity index (χ0n) is 16.6. The van der Waals surface area contributed by atoms with E-state index < -0.39 is 5.91 Å². The van der Waals surface area contributed by atoms with Gasteiger partial charge in [0.25, 0.3) is 5.91 Å². The highest BCUT2D eigenvalue weighted by atomic mass is 127. The van der Waals surface area contributed by atoms with Gasteiger partial charge < -0.3 is 20.8 Å². The monoisotopic (exact) mass is 499 g/mol. The van der Waals surface area contributed by atoms with Crippen LogP contribution < -0.4 is 16.4 Å². The molecule has 0 saturated carbocycles. The van der Waals surface area contributed by atoms with Crippen LogP contribution in [0, 0.1) is 0 Å². The minimum absolute atomic E-state index is 0. The number of aliphatic imine (C=N–C) groups is 1. The molecular weight excluding hydrogens is 469 g/mol. The quantitative estimate of drug-likeness (QED) is 0.280. The number of benzene rings is 1. The Morgan fingerprint density at radius 3 is 2.36 bits per heavy atom. The Kier molecular flexibility index (Phi) is 10.6. The minimum Gasteiger partial charge on any atom is -0.454 e. The van der Waals surface area contributed by atoms with E-state index in [1.165, 1.54) is 5.56 Å². The van der Waals surface area contributed by atoms with Crippen LogP contribution in [0.3, 0.4) is 0 Å². The van der Waals surface area contributed by atoms with Crippen molar-refractivity contribution in [2.75, 3.05) is 26.7 Å². The first-order valence-electron chi connectivity index (χ1n) is 9.21. The molecule has 0 bridgehead atoms. The highest BCUT2D eigenvalue weighted by Crippen LogP contribution is 2.19. The van der Waals surface area contributed by atoms with E-state index in [4.69, 9.17) is 10.2 Å². The SMILES string of the molecule is CCN(CC)C(CNC(=NC)NCc1ccc(C(N)=O)o1)c1ccccc1.I. The number of furan rings is 1. The van der Waals surface area contributed by atoms with Crippen molar-refractivity contribution in [2.24, 2.45) is 10.7 Å². The number of halogens is 1. The van der Waals surface area contributed by atoms with Gasteiger partial charge in [0.2, 0.25) is 0 Å². The Hall–Kier alpha value is -2.07. The Morgan fingerprint density at radius 1 is 1.14 bits per heavy atom. The summed E-state index contributed by atoms with van der Waals surface area (Å²) in [5, 5.41) is 6.58. The molecule has 2 aromatic rings. The molecular formula is C20H30IN5O2. The maximum absolute atomic E-state index is 11.1. The zero-order valence-corrected chi connectivity index (χ0v) is 19.0.